The Hall–Kier alpha value is -1.32. The van der Waals surface area contributed by atoms with Gasteiger partial charge < -0.3 is 4.90 Å². The lowest BCUT2D eigenvalue weighted by atomic mass is 10.0. The van der Waals surface area contributed by atoms with Crippen LogP contribution in [0.5, 0.6) is 0 Å². The fourth-order valence-corrected chi connectivity index (χ4v) is 2.08. The Kier molecular flexibility index (Phi) is 2.75. The van der Waals surface area contributed by atoms with Gasteiger partial charge in [-0.1, -0.05) is 0 Å². The van der Waals surface area contributed by atoms with E-state index in [0.717, 1.165) is 19.4 Å². The molecular weight excluding hydrogens is 190 g/mol. The Morgan fingerprint density at radius 1 is 1.53 bits per heavy atom. The maximum absolute atomic E-state index is 12.1. The lowest BCUT2D eigenvalue weighted by Crippen LogP contribution is -2.42. The van der Waals surface area contributed by atoms with Crippen molar-refractivity contribution in [2.24, 2.45) is 7.05 Å². The topological polar surface area (TPSA) is 38.1 Å². The third-order valence-corrected chi connectivity index (χ3v) is 3.00. The number of piperidine rings is 1. The molecule has 0 aliphatic carbocycles. The van der Waals surface area contributed by atoms with Gasteiger partial charge in [0.2, 0.25) is 0 Å². The number of carbonyl (C=O) groups is 1. The summed E-state index contributed by atoms with van der Waals surface area (Å²) in [4.78, 5) is 14.0. The van der Waals surface area contributed by atoms with E-state index < -0.39 is 0 Å². The zero-order valence-corrected chi connectivity index (χ0v) is 9.31. The second-order valence-electron chi connectivity index (χ2n) is 4.22. The summed E-state index contributed by atoms with van der Waals surface area (Å²) in [6, 6.07) is 2.14. The highest BCUT2D eigenvalue weighted by Crippen LogP contribution is 2.18. The first-order chi connectivity index (χ1) is 7.18. The molecule has 0 unspecified atom stereocenters. The van der Waals surface area contributed by atoms with Crippen LogP contribution >= 0.6 is 0 Å². The van der Waals surface area contributed by atoms with Gasteiger partial charge in [0.15, 0.2) is 0 Å². The zero-order chi connectivity index (χ0) is 10.8. The van der Waals surface area contributed by atoms with E-state index in [2.05, 4.69) is 12.0 Å². The van der Waals surface area contributed by atoms with Gasteiger partial charge in [0.1, 0.15) is 5.69 Å². The van der Waals surface area contributed by atoms with E-state index in [-0.39, 0.29) is 5.91 Å². The van der Waals surface area contributed by atoms with Crippen molar-refractivity contribution in [3.8, 4) is 0 Å². The third-order valence-electron chi connectivity index (χ3n) is 3.00. The number of aryl methyl sites for hydroxylation is 1. The van der Waals surface area contributed by atoms with Crippen molar-refractivity contribution in [3.05, 3.63) is 18.0 Å². The van der Waals surface area contributed by atoms with E-state index in [1.165, 1.54) is 6.42 Å². The van der Waals surface area contributed by atoms with Gasteiger partial charge in [-0.05, 0) is 32.3 Å². The molecule has 2 rings (SSSR count). The molecule has 2 heterocycles. The van der Waals surface area contributed by atoms with E-state index in [0.29, 0.717) is 11.7 Å². The normalized spacial score (nSPS) is 21.7. The van der Waals surface area contributed by atoms with E-state index in [9.17, 15) is 4.79 Å². The summed E-state index contributed by atoms with van der Waals surface area (Å²) in [5.74, 6) is 0.0720. The molecule has 4 nitrogen and oxygen atoms in total. The van der Waals surface area contributed by atoms with E-state index in [4.69, 9.17) is 0 Å². The fraction of sp³-hybridized carbons (Fsp3) is 0.636. The second-order valence-corrected chi connectivity index (χ2v) is 4.22. The van der Waals surface area contributed by atoms with Crippen LogP contribution < -0.4 is 0 Å². The molecule has 82 valence electrons. The summed E-state index contributed by atoms with van der Waals surface area (Å²) < 4.78 is 1.67. The van der Waals surface area contributed by atoms with Gasteiger partial charge in [0.05, 0.1) is 0 Å². The van der Waals surface area contributed by atoms with Crippen LogP contribution in [-0.4, -0.2) is 33.2 Å². The molecule has 0 N–H and O–H groups in total. The molecule has 0 aromatic carbocycles. The number of carbonyl (C=O) groups excluding carboxylic acids is 1. The second kappa shape index (κ2) is 4.04. The molecule has 4 heteroatoms. The van der Waals surface area contributed by atoms with Crippen molar-refractivity contribution in [2.75, 3.05) is 6.54 Å². The molecular formula is C11H17N3O. The van der Waals surface area contributed by atoms with Crippen molar-refractivity contribution < 1.29 is 4.79 Å². The number of aromatic nitrogens is 2. The third kappa shape index (κ3) is 2.03. The van der Waals surface area contributed by atoms with E-state index >= 15 is 0 Å². The maximum Gasteiger partial charge on any atom is 0.274 e. The molecule has 0 radical (unpaired) electrons. The number of hydrogen-bond acceptors (Lipinski definition) is 2. The van der Waals surface area contributed by atoms with E-state index in [1.807, 2.05) is 18.1 Å². The standard InChI is InChI=1S/C11H17N3O/c1-9-5-3-4-7-14(9)11(15)10-6-8-13(2)12-10/h6,8-9H,3-5,7H2,1-2H3/t9-/m0/s1. The predicted octanol–water partition coefficient (Wildman–Crippen LogP) is 1.43. The summed E-state index contributed by atoms with van der Waals surface area (Å²) >= 11 is 0. The number of hydrogen-bond donors (Lipinski definition) is 0. The first kappa shape index (κ1) is 10.2. The SMILES string of the molecule is C[C@H]1CCCCN1C(=O)c1ccn(C)n1. The van der Waals surface area contributed by atoms with E-state index in [1.54, 1.807) is 10.7 Å². The minimum atomic E-state index is 0.0720. The molecule has 1 aromatic heterocycles. The van der Waals surface area contributed by atoms with Crippen LogP contribution in [-0.2, 0) is 7.05 Å². The van der Waals surface area contributed by atoms with Gasteiger partial charge in [-0.25, -0.2) is 0 Å². The highest BCUT2D eigenvalue weighted by molar-refractivity contribution is 5.92. The molecule has 1 aliphatic heterocycles. The fourth-order valence-electron chi connectivity index (χ4n) is 2.08. The number of rotatable bonds is 1. The first-order valence-corrected chi connectivity index (χ1v) is 5.49. The molecule has 1 aromatic rings. The molecule has 1 saturated heterocycles. The molecule has 1 amide bonds. The minimum absolute atomic E-state index is 0.0720. The maximum atomic E-state index is 12.1. The predicted molar refractivity (Wildman–Crippen MR) is 57.6 cm³/mol. The molecule has 1 atom stereocenters. The molecule has 1 aliphatic rings. The Labute approximate surface area is 89.9 Å². The molecule has 0 bridgehead atoms. The summed E-state index contributed by atoms with van der Waals surface area (Å²) in [5, 5.41) is 4.15. The summed E-state index contributed by atoms with van der Waals surface area (Å²) in [6.07, 6.45) is 5.26. The van der Waals surface area contributed by atoms with Crippen molar-refractivity contribution in [2.45, 2.75) is 32.2 Å². The van der Waals surface area contributed by atoms with Gasteiger partial charge in [0, 0.05) is 25.8 Å². The van der Waals surface area contributed by atoms with Crippen LogP contribution in [0.15, 0.2) is 12.3 Å². The lowest BCUT2D eigenvalue weighted by molar-refractivity contribution is 0.0628. The van der Waals surface area contributed by atoms with Crippen LogP contribution in [0.1, 0.15) is 36.7 Å². The summed E-state index contributed by atoms with van der Waals surface area (Å²) in [5.41, 5.74) is 0.561. The van der Waals surface area contributed by atoms with Crippen LogP contribution in [0.4, 0.5) is 0 Å². The van der Waals surface area contributed by atoms with Crippen molar-refractivity contribution in [3.63, 3.8) is 0 Å². The highest BCUT2D eigenvalue weighted by atomic mass is 16.2. The zero-order valence-electron chi connectivity index (χ0n) is 9.31. The molecule has 1 fully saturated rings. The minimum Gasteiger partial charge on any atom is -0.335 e. The largest absolute Gasteiger partial charge is 0.335 e. The number of amides is 1. The molecule has 15 heavy (non-hydrogen) atoms. The average Bonchev–Trinajstić information content (AvgIpc) is 2.65. The van der Waals surface area contributed by atoms with Crippen LogP contribution in [0.3, 0.4) is 0 Å². The Bertz CT molecular complexity index is 358. The van der Waals surface area contributed by atoms with Gasteiger partial charge >= 0.3 is 0 Å². The lowest BCUT2D eigenvalue weighted by Gasteiger charge is -2.32. The van der Waals surface area contributed by atoms with Crippen LogP contribution in [0.2, 0.25) is 0 Å². The summed E-state index contributed by atoms with van der Waals surface area (Å²) in [6.45, 7) is 2.98. The molecule has 0 saturated carbocycles. The van der Waals surface area contributed by atoms with Crippen LogP contribution in [0.25, 0.3) is 0 Å². The van der Waals surface area contributed by atoms with Crippen molar-refractivity contribution in [1.82, 2.24) is 14.7 Å². The Morgan fingerprint density at radius 3 is 2.93 bits per heavy atom. The van der Waals surface area contributed by atoms with Gasteiger partial charge in [0.25, 0.3) is 5.91 Å². The monoisotopic (exact) mass is 207 g/mol. The smallest absolute Gasteiger partial charge is 0.274 e. The Balaban J connectivity index is 2.13. The highest BCUT2D eigenvalue weighted by Gasteiger charge is 2.25. The molecule has 0 spiro atoms. The quantitative estimate of drug-likeness (QED) is 0.698. The Morgan fingerprint density at radius 2 is 2.33 bits per heavy atom. The first-order valence-electron chi connectivity index (χ1n) is 5.49. The van der Waals surface area contributed by atoms with Crippen molar-refractivity contribution >= 4 is 5.91 Å². The van der Waals surface area contributed by atoms with Crippen molar-refractivity contribution in [1.29, 1.82) is 0 Å². The average molecular weight is 207 g/mol. The number of nitrogens with zero attached hydrogens (tertiary/aromatic N) is 3. The number of likely N-dealkylation sites (tertiary alicyclic amines) is 1. The van der Waals surface area contributed by atoms with Gasteiger partial charge in [-0.15, -0.1) is 0 Å². The van der Waals surface area contributed by atoms with Crippen LogP contribution in [0, 0.1) is 0 Å². The summed E-state index contributed by atoms with van der Waals surface area (Å²) in [7, 11) is 1.83. The van der Waals surface area contributed by atoms with Gasteiger partial charge in [-0.2, -0.15) is 5.10 Å². The van der Waals surface area contributed by atoms with Gasteiger partial charge in [-0.3, -0.25) is 9.48 Å².